The van der Waals surface area contributed by atoms with Crippen LogP contribution >= 0.6 is 11.6 Å². The van der Waals surface area contributed by atoms with Crippen LogP contribution in [-0.2, 0) is 6.54 Å². The highest BCUT2D eigenvalue weighted by atomic mass is 35.5. The lowest BCUT2D eigenvalue weighted by atomic mass is 10.1. The van der Waals surface area contributed by atoms with Gasteiger partial charge in [0.2, 0.25) is 5.76 Å². The molecule has 2 heterocycles. The molecule has 0 unspecified atom stereocenters. The first-order valence-corrected chi connectivity index (χ1v) is 9.48. The summed E-state index contributed by atoms with van der Waals surface area (Å²) in [6.45, 7) is 0.586. The molecule has 0 spiro atoms. The molecule has 5 aromatic rings. The van der Waals surface area contributed by atoms with Gasteiger partial charge in [-0.2, -0.15) is 0 Å². The SMILES string of the molecule is Fc1ccccc1-c1cc(-c2nc3ccccc3n2Cc2ccc(Cl)cc2)on1. The molecule has 5 rings (SSSR count). The van der Waals surface area contributed by atoms with Crippen LogP contribution in [0.3, 0.4) is 0 Å². The number of hydrogen-bond donors (Lipinski definition) is 0. The molecule has 0 bridgehead atoms. The van der Waals surface area contributed by atoms with Crippen LogP contribution in [-0.4, -0.2) is 14.7 Å². The summed E-state index contributed by atoms with van der Waals surface area (Å²) in [6, 6.07) is 23.8. The fourth-order valence-electron chi connectivity index (χ4n) is 3.37. The second kappa shape index (κ2) is 7.18. The third kappa shape index (κ3) is 3.30. The summed E-state index contributed by atoms with van der Waals surface area (Å²) in [7, 11) is 0. The summed E-state index contributed by atoms with van der Waals surface area (Å²) in [5.74, 6) is 0.770. The smallest absolute Gasteiger partial charge is 0.203 e. The molecule has 0 fully saturated rings. The van der Waals surface area contributed by atoms with E-state index in [0.29, 0.717) is 34.4 Å². The minimum Gasteiger partial charge on any atom is -0.352 e. The number of rotatable bonds is 4. The first kappa shape index (κ1) is 17.6. The summed E-state index contributed by atoms with van der Waals surface area (Å²) in [4.78, 5) is 4.74. The molecule has 0 radical (unpaired) electrons. The number of benzene rings is 3. The summed E-state index contributed by atoms with van der Waals surface area (Å²) in [5, 5.41) is 4.76. The Bertz CT molecular complexity index is 1310. The van der Waals surface area contributed by atoms with Crippen molar-refractivity contribution < 1.29 is 8.91 Å². The summed E-state index contributed by atoms with van der Waals surface area (Å²) in [6.07, 6.45) is 0. The number of halogens is 2. The van der Waals surface area contributed by atoms with Crippen molar-refractivity contribution in [3.8, 4) is 22.8 Å². The zero-order valence-corrected chi connectivity index (χ0v) is 16.0. The largest absolute Gasteiger partial charge is 0.352 e. The van der Waals surface area contributed by atoms with Crippen LogP contribution in [0.5, 0.6) is 0 Å². The molecule has 0 saturated heterocycles. The fourth-order valence-corrected chi connectivity index (χ4v) is 3.50. The Morgan fingerprint density at radius 2 is 1.69 bits per heavy atom. The molecule has 6 heteroatoms. The molecule has 0 aliphatic rings. The molecular weight excluding hydrogens is 389 g/mol. The second-order valence-electron chi connectivity index (χ2n) is 6.69. The van der Waals surface area contributed by atoms with Crippen LogP contribution in [0.25, 0.3) is 33.9 Å². The summed E-state index contributed by atoms with van der Waals surface area (Å²) >= 11 is 6.02. The van der Waals surface area contributed by atoms with Gasteiger partial charge < -0.3 is 9.09 Å². The zero-order valence-electron chi connectivity index (χ0n) is 15.2. The van der Waals surface area contributed by atoms with Crippen LogP contribution in [0, 0.1) is 5.82 Å². The molecular formula is C23H15ClFN3O. The van der Waals surface area contributed by atoms with Crippen molar-refractivity contribution in [2.24, 2.45) is 0 Å². The Morgan fingerprint density at radius 3 is 2.52 bits per heavy atom. The van der Waals surface area contributed by atoms with Gasteiger partial charge in [0.25, 0.3) is 0 Å². The van der Waals surface area contributed by atoms with E-state index in [9.17, 15) is 4.39 Å². The van der Waals surface area contributed by atoms with Gasteiger partial charge in [0.15, 0.2) is 5.82 Å². The fraction of sp³-hybridized carbons (Fsp3) is 0.0435. The summed E-state index contributed by atoms with van der Waals surface area (Å²) in [5.41, 5.74) is 3.72. The minimum atomic E-state index is -0.345. The van der Waals surface area contributed by atoms with Gasteiger partial charge in [-0.05, 0) is 42.0 Å². The van der Waals surface area contributed by atoms with Gasteiger partial charge in [-0.15, -0.1) is 0 Å². The second-order valence-corrected chi connectivity index (χ2v) is 7.13. The quantitative estimate of drug-likeness (QED) is 0.359. The van der Waals surface area contributed by atoms with E-state index in [-0.39, 0.29) is 5.82 Å². The Labute approximate surface area is 171 Å². The third-order valence-electron chi connectivity index (χ3n) is 4.79. The number of fused-ring (bicyclic) bond motifs is 1. The van der Waals surface area contributed by atoms with Crippen molar-refractivity contribution >= 4 is 22.6 Å². The van der Waals surface area contributed by atoms with Gasteiger partial charge in [-0.1, -0.05) is 53.2 Å². The van der Waals surface area contributed by atoms with E-state index >= 15 is 0 Å². The van der Waals surface area contributed by atoms with E-state index in [1.54, 1.807) is 24.3 Å². The first-order chi connectivity index (χ1) is 14.2. The standard InChI is InChI=1S/C23H15ClFN3O/c24-16-11-9-15(10-12-16)14-28-21-8-4-3-7-19(21)26-23(28)22-13-20(27-29-22)17-5-1-2-6-18(17)25/h1-13H,14H2. The van der Waals surface area contributed by atoms with Crippen LogP contribution in [0.2, 0.25) is 5.02 Å². The molecule has 0 aliphatic carbocycles. The lowest BCUT2D eigenvalue weighted by Crippen LogP contribution is -2.01. The van der Waals surface area contributed by atoms with Gasteiger partial charge >= 0.3 is 0 Å². The molecule has 2 aromatic heterocycles. The predicted molar refractivity (Wildman–Crippen MR) is 111 cm³/mol. The monoisotopic (exact) mass is 403 g/mol. The topological polar surface area (TPSA) is 43.9 Å². The van der Waals surface area contributed by atoms with E-state index in [4.69, 9.17) is 21.1 Å². The van der Waals surface area contributed by atoms with E-state index in [1.807, 2.05) is 48.5 Å². The molecule has 3 aromatic carbocycles. The Kier molecular flexibility index (Phi) is 4.37. The van der Waals surface area contributed by atoms with Gasteiger partial charge in [0.1, 0.15) is 11.5 Å². The Morgan fingerprint density at radius 1 is 0.931 bits per heavy atom. The lowest BCUT2D eigenvalue weighted by molar-refractivity contribution is 0.430. The average Bonchev–Trinajstić information content (AvgIpc) is 3.35. The molecule has 0 saturated carbocycles. The molecule has 142 valence electrons. The molecule has 0 atom stereocenters. The van der Waals surface area contributed by atoms with Crippen molar-refractivity contribution in [1.82, 2.24) is 14.7 Å². The number of para-hydroxylation sites is 2. The molecule has 0 amide bonds. The van der Waals surface area contributed by atoms with Crippen molar-refractivity contribution in [1.29, 1.82) is 0 Å². The highest BCUT2D eigenvalue weighted by molar-refractivity contribution is 6.30. The Hall–Kier alpha value is -3.44. The number of hydrogen-bond acceptors (Lipinski definition) is 3. The van der Waals surface area contributed by atoms with Gasteiger partial charge in [0.05, 0.1) is 11.0 Å². The minimum absolute atomic E-state index is 0.345. The Balaban J connectivity index is 1.62. The van der Waals surface area contributed by atoms with Crippen LogP contribution in [0.4, 0.5) is 4.39 Å². The van der Waals surface area contributed by atoms with Crippen LogP contribution < -0.4 is 0 Å². The van der Waals surface area contributed by atoms with Crippen molar-refractivity contribution in [2.45, 2.75) is 6.54 Å². The highest BCUT2D eigenvalue weighted by Gasteiger charge is 2.18. The van der Waals surface area contributed by atoms with E-state index < -0.39 is 0 Å². The van der Waals surface area contributed by atoms with E-state index in [1.165, 1.54) is 6.07 Å². The van der Waals surface area contributed by atoms with E-state index in [0.717, 1.165) is 16.6 Å². The number of nitrogens with zero attached hydrogens (tertiary/aromatic N) is 3. The molecule has 0 aliphatic heterocycles. The normalized spacial score (nSPS) is 11.2. The van der Waals surface area contributed by atoms with Gasteiger partial charge in [0, 0.05) is 23.2 Å². The van der Waals surface area contributed by atoms with Crippen LogP contribution in [0.15, 0.2) is 83.4 Å². The van der Waals surface area contributed by atoms with Gasteiger partial charge in [-0.3, -0.25) is 0 Å². The average molecular weight is 404 g/mol. The summed E-state index contributed by atoms with van der Waals surface area (Å²) < 4.78 is 21.8. The van der Waals surface area contributed by atoms with Crippen LogP contribution in [0.1, 0.15) is 5.56 Å². The third-order valence-corrected chi connectivity index (χ3v) is 5.04. The molecule has 29 heavy (non-hydrogen) atoms. The number of imidazole rings is 1. The highest BCUT2D eigenvalue weighted by Crippen LogP contribution is 2.30. The molecule has 0 N–H and O–H groups in total. The number of aromatic nitrogens is 3. The first-order valence-electron chi connectivity index (χ1n) is 9.11. The van der Waals surface area contributed by atoms with Gasteiger partial charge in [-0.25, -0.2) is 9.37 Å². The lowest BCUT2D eigenvalue weighted by Gasteiger charge is -2.08. The maximum Gasteiger partial charge on any atom is 0.203 e. The van der Waals surface area contributed by atoms with Crippen molar-refractivity contribution in [2.75, 3.05) is 0 Å². The predicted octanol–water partition coefficient (Wildman–Crippen LogP) is 6.20. The molecule has 4 nitrogen and oxygen atoms in total. The van der Waals surface area contributed by atoms with Crippen molar-refractivity contribution in [3.63, 3.8) is 0 Å². The van der Waals surface area contributed by atoms with E-state index in [2.05, 4.69) is 9.72 Å². The zero-order chi connectivity index (χ0) is 19.8. The maximum absolute atomic E-state index is 14.1. The maximum atomic E-state index is 14.1. The van der Waals surface area contributed by atoms with Crippen molar-refractivity contribution in [3.05, 3.63) is 95.3 Å².